The predicted octanol–water partition coefficient (Wildman–Crippen LogP) is 1.40. The van der Waals surface area contributed by atoms with E-state index in [1.54, 1.807) is 0 Å². The van der Waals surface area contributed by atoms with E-state index in [1.165, 1.54) is 18.1 Å². The topological polar surface area (TPSA) is 12.0 Å². The molecule has 0 bridgehead atoms. The van der Waals surface area contributed by atoms with Crippen molar-refractivity contribution in [1.82, 2.24) is 5.32 Å². The molecule has 0 amide bonds. The fourth-order valence-corrected chi connectivity index (χ4v) is 3.21. The van der Waals surface area contributed by atoms with Gasteiger partial charge in [0, 0.05) is 18.1 Å². The van der Waals surface area contributed by atoms with Gasteiger partial charge >= 0.3 is 0 Å². The van der Waals surface area contributed by atoms with E-state index in [1.807, 2.05) is 23.5 Å². The number of hydrogen-bond donors (Lipinski definition) is 1. The first kappa shape index (κ1) is 7.76. The fourth-order valence-electron chi connectivity index (χ4n) is 1.01. The predicted molar refractivity (Wildman–Crippen MR) is 47.2 cm³/mol. The molecule has 3 heteroatoms. The van der Waals surface area contributed by atoms with E-state index in [9.17, 15) is 0 Å². The Morgan fingerprint density at radius 3 is 3.00 bits per heavy atom. The van der Waals surface area contributed by atoms with Crippen molar-refractivity contribution in [3.05, 3.63) is 0 Å². The van der Waals surface area contributed by atoms with Crippen LogP contribution in [0.4, 0.5) is 0 Å². The van der Waals surface area contributed by atoms with Crippen LogP contribution in [0, 0.1) is 0 Å². The first-order valence-corrected chi connectivity index (χ1v) is 5.53. The third kappa shape index (κ3) is 2.06. The van der Waals surface area contributed by atoms with Crippen LogP contribution in [-0.4, -0.2) is 29.2 Å². The van der Waals surface area contributed by atoms with Gasteiger partial charge in [0.2, 0.25) is 0 Å². The molecule has 9 heavy (non-hydrogen) atoms. The van der Waals surface area contributed by atoms with Crippen LogP contribution < -0.4 is 5.32 Å². The van der Waals surface area contributed by atoms with Crippen molar-refractivity contribution in [2.45, 2.75) is 11.8 Å². The Bertz CT molecular complexity index is 89.1. The summed E-state index contributed by atoms with van der Waals surface area (Å²) in [5.41, 5.74) is 0. The maximum atomic E-state index is 3.48. The zero-order chi connectivity index (χ0) is 6.74. The van der Waals surface area contributed by atoms with E-state index in [2.05, 4.69) is 18.5 Å². The standard InChI is InChI=1S/C6H13NS2/c1-6(5-8-2)7-3-4-9-6/h7H,3-5H2,1-2H3. The first-order chi connectivity index (χ1) is 4.27. The second kappa shape index (κ2) is 3.17. The van der Waals surface area contributed by atoms with Gasteiger partial charge in [-0.3, -0.25) is 0 Å². The summed E-state index contributed by atoms with van der Waals surface area (Å²) in [6.07, 6.45) is 2.16. The largest absolute Gasteiger partial charge is 0.302 e. The number of hydrogen-bond acceptors (Lipinski definition) is 3. The molecule has 0 radical (unpaired) electrons. The lowest BCUT2D eigenvalue weighted by molar-refractivity contribution is 0.603. The van der Waals surface area contributed by atoms with E-state index >= 15 is 0 Å². The number of thioether (sulfide) groups is 2. The molecule has 1 saturated heterocycles. The first-order valence-electron chi connectivity index (χ1n) is 3.15. The van der Waals surface area contributed by atoms with Gasteiger partial charge in [0.15, 0.2) is 0 Å². The Morgan fingerprint density at radius 2 is 2.56 bits per heavy atom. The summed E-state index contributed by atoms with van der Waals surface area (Å²) in [6.45, 7) is 3.46. The highest BCUT2D eigenvalue weighted by Gasteiger charge is 2.27. The van der Waals surface area contributed by atoms with Gasteiger partial charge in [-0.2, -0.15) is 11.8 Å². The lowest BCUT2D eigenvalue weighted by Crippen LogP contribution is -2.35. The summed E-state index contributed by atoms with van der Waals surface area (Å²) < 4.78 is 0. The Kier molecular flexibility index (Phi) is 2.73. The molecule has 0 aliphatic carbocycles. The molecule has 0 aromatic rings. The quantitative estimate of drug-likeness (QED) is 0.661. The van der Waals surface area contributed by atoms with Gasteiger partial charge < -0.3 is 5.32 Å². The van der Waals surface area contributed by atoms with Crippen molar-refractivity contribution in [2.75, 3.05) is 24.3 Å². The fraction of sp³-hybridized carbons (Fsp3) is 1.00. The third-order valence-electron chi connectivity index (χ3n) is 1.44. The van der Waals surface area contributed by atoms with Crippen molar-refractivity contribution in [3.8, 4) is 0 Å². The Hall–Kier alpha value is 0.660. The van der Waals surface area contributed by atoms with E-state index in [0.29, 0.717) is 4.87 Å². The molecule has 1 aliphatic rings. The van der Waals surface area contributed by atoms with Crippen molar-refractivity contribution in [3.63, 3.8) is 0 Å². The minimum absolute atomic E-state index is 0.374. The van der Waals surface area contributed by atoms with Crippen LogP contribution in [0.5, 0.6) is 0 Å². The van der Waals surface area contributed by atoms with E-state index in [0.717, 1.165) is 0 Å². The third-order valence-corrected chi connectivity index (χ3v) is 3.82. The van der Waals surface area contributed by atoms with Crippen molar-refractivity contribution < 1.29 is 0 Å². The zero-order valence-corrected chi connectivity index (χ0v) is 7.57. The molecule has 1 N–H and O–H groups in total. The van der Waals surface area contributed by atoms with Crippen LogP contribution in [0.25, 0.3) is 0 Å². The summed E-state index contributed by atoms with van der Waals surface area (Å²) in [5, 5.41) is 3.48. The molecule has 1 rings (SSSR count). The van der Waals surface area contributed by atoms with Crippen LogP contribution in [0.2, 0.25) is 0 Å². The average Bonchev–Trinajstić information content (AvgIpc) is 2.16. The smallest absolute Gasteiger partial charge is 0.0708 e. The van der Waals surface area contributed by atoms with Gasteiger partial charge in [0.1, 0.15) is 0 Å². The molecule has 0 aromatic heterocycles. The molecule has 1 atom stereocenters. The maximum absolute atomic E-state index is 3.48. The summed E-state index contributed by atoms with van der Waals surface area (Å²) in [6, 6.07) is 0. The van der Waals surface area contributed by atoms with Gasteiger partial charge in [0.25, 0.3) is 0 Å². The summed E-state index contributed by atoms with van der Waals surface area (Å²) in [7, 11) is 0. The number of nitrogens with one attached hydrogen (secondary N) is 1. The van der Waals surface area contributed by atoms with Crippen molar-refractivity contribution >= 4 is 23.5 Å². The SMILES string of the molecule is CSCC1(C)NCCS1. The molecule has 1 aliphatic heterocycles. The van der Waals surface area contributed by atoms with E-state index in [4.69, 9.17) is 0 Å². The Labute approximate surface area is 65.4 Å². The second-order valence-corrected chi connectivity index (χ2v) is 4.90. The molecule has 1 nitrogen and oxygen atoms in total. The van der Waals surface area contributed by atoms with Gasteiger partial charge in [-0.1, -0.05) is 0 Å². The van der Waals surface area contributed by atoms with E-state index < -0.39 is 0 Å². The summed E-state index contributed by atoms with van der Waals surface area (Å²) >= 11 is 3.95. The molecule has 0 spiro atoms. The Morgan fingerprint density at radius 1 is 1.78 bits per heavy atom. The maximum Gasteiger partial charge on any atom is 0.0708 e. The van der Waals surface area contributed by atoms with Crippen molar-refractivity contribution in [1.29, 1.82) is 0 Å². The molecular weight excluding hydrogens is 150 g/mol. The highest BCUT2D eigenvalue weighted by atomic mass is 32.2. The molecular formula is C6H13NS2. The van der Waals surface area contributed by atoms with Crippen LogP contribution >= 0.6 is 23.5 Å². The second-order valence-electron chi connectivity index (χ2n) is 2.44. The van der Waals surface area contributed by atoms with Gasteiger partial charge in [-0.15, -0.1) is 11.8 Å². The lowest BCUT2D eigenvalue weighted by Gasteiger charge is -2.21. The van der Waals surface area contributed by atoms with Gasteiger partial charge in [-0.05, 0) is 13.2 Å². The van der Waals surface area contributed by atoms with Crippen molar-refractivity contribution in [2.24, 2.45) is 0 Å². The highest BCUT2D eigenvalue weighted by molar-refractivity contribution is 8.03. The van der Waals surface area contributed by atoms with Crippen LogP contribution in [0.1, 0.15) is 6.92 Å². The van der Waals surface area contributed by atoms with Gasteiger partial charge in [0.05, 0.1) is 4.87 Å². The van der Waals surface area contributed by atoms with Crippen LogP contribution in [0.3, 0.4) is 0 Å². The minimum Gasteiger partial charge on any atom is -0.302 e. The molecule has 54 valence electrons. The highest BCUT2D eigenvalue weighted by Crippen LogP contribution is 2.28. The molecule has 0 aromatic carbocycles. The van der Waals surface area contributed by atoms with Crippen LogP contribution in [0.15, 0.2) is 0 Å². The molecule has 1 heterocycles. The normalized spacial score (nSPS) is 35.3. The van der Waals surface area contributed by atoms with Gasteiger partial charge in [-0.25, -0.2) is 0 Å². The van der Waals surface area contributed by atoms with E-state index in [-0.39, 0.29) is 0 Å². The number of rotatable bonds is 2. The van der Waals surface area contributed by atoms with Crippen LogP contribution in [-0.2, 0) is 0 Å². The molecule has 1 unspecified atom stereocenters. The zero-order valence-electron chi connectivity index (χ0n) is 5.94. The minimum atomic E-state index is 0.374. The molecule has 0 saturated carbocycles. The molecule has 1 fully saturated rings. The summed E-state index contributed by atoms with van der Waals surface area (Å²) in [5.74, 6) is 2.49. The monoisotopic (exact) mass is 163 g/mol. The Balaban J connectivity index is 2.32. The average molecular weight is 163 g/mol. The lowest BCUT2D eigenvalue weighted by atomic mass is 10.4. The summed E-state index contributed by atoms with van der Waals surface area (Å²) in [4.78, 5) is 0.374.